The minimum absolute atomic E-state index is 0.0321. The number of carbonyl (C=O) groups excluding carboxylic acids is 4. The quantitative estimate of drug-likeness (QED) is 0.753. The summed E-state index contributed by atoms with van der Waals surface area (Å²) in [5, 5.41) is 2.63. The second kappa shape index (κ2) is 8.22. The molecule has 0 fully saturated rings. The number of hydrogen-bond donors (Lipinski definition) is 1. The summed E-state index contributed by atoms with van der Waals surface area (Å²) >= 11 is 0. The van der Waals surface area contributed by atoms with Crippen LogP contribution in [0.5, 0.6) is 0 Å². The van der Waals surface area contributed by atoms with Gasteiger partial charge in [0.1, 0.15) is 5.82 Å². The number of pyridine rings is 1. The van der Waals surface area contributed by atoms with E-state index in [2.05, 4.69) is 10.3 Å². The molecule has 1 aliphatic rings. The van der Waals surface area contributed by atoms with Crippen molar-refractivity contribution in [1.29, 1.82) is 0 Å². The normalized spacial score (nSPS) is 12.7. The van der Waals surface area contributed by atoms with Crippen LogP contribution in [0.1, 0.15) is 38.3 Å². The van der Waals surface area contributed by atoms with E-state index in [0.29, 0.717) is 16.9 Å². The highest BCUT2D eigenvalue weighted by molar-refractivity contribution is 6.21. The van der Waals surface area contributed by atoms with Gasteiger partial charge in [-0.25, -0.2) is 4.98 Å². The number of benzene rings is 1. The molecule has 8 heteroatoms. The standard InChI is InChI=1S/C21H22N4O4/c1-13-4-5-15-16(10-13)21(29)25(20(15)28)9-7-19(27)24(3)12-18(26)23-17-11-14(2)6-8-22-17/h4-6,8,10-11H,7,9,12H2,1-3H3,(H,22,23,26). The summed E-state index contributed by atoms with van der Waals surface area (Å²) in [7, 11) is 1.50. The molecule has 0 bridgehead atoms. The van der Waals surface area contributed by atoms with Crippen molar-refractivity contribution in [2.75, 3.05) is 25.5 Å². The van der Waals surface area contributed by atoms with E-state index < -0.39 is 11.8 Å². The summed E-state index contributed by atoms with van der Waals surface area (Å²) in [6, 6.07) is 8.61. The Balaban J connectivity index is 1.53. The van der Waals surface area contributed by atoms with Crippen molar-refractivity contribution < 1.29 is 19.2 Å². The second-order valence-corrected chi connectivity index (χ2v) is 7.08. The molecule has 1 aromatic heterocycles. The van der Waals surface area contributed by atoms with Crippen LogP contribution in [0, 0.1) is 13.8 Å². The Morgan fingerprint density at radius 2 is 1.72 bits per heavy atom. The molecule has 8 nitrogen and oxygen atoms in total. The number of aryl methyl sites for hydroxylation is 2. The summed E-state index contributed by atoms with van der Waals surface area (Å²) in [5.74, 6) is -1.10. The number of hydrogen-bond acceptors (Lipinski definition) is 5. The fourth-order valence-corrected chi connectivity index (χ4v) is 3.10. The van der Waals surface area contributed by atoms with Gasteiger partial charge in [0.15, 0.2) is 0 Å². The van der Waals surface area contributed by atoms with Crippen LogP contribution in [0.4, 0.5) is 5.82 Å². The average molecular weight is 394 g/mol. The third kappa shape index (κ3) is 4.48. The molecule has 0 aliphatic carbocycles. The monoisotopic (exact) mass is 394 g/mol. The van der Waals surface area contributed by atoms with Crippen molar-refractivity contribution in [3.63, 3.8) is 0 Å². The Bertz CT molecular complexity index is 1000. The van der Waals surface area contributed by atoms with Crippen molar-refractivity contribution in [2.24, 2.45) is 0 Å². The van der Waals surface area contributed by atoms with Gasteiger partial charge in [-0.1, -0.05) is 11.6 Å². The fourth-order valence-electron chi connectivity index (χ4n) is 3.10. The molecule has 0 unspecified atom stereocenters. The summed E-state index contributed by atoms with van der Waals surface area (Å²) in [6.07, 6.45) is 1.53. The molecule has 0 saturated carbocycles. The van der Waals surface area contributed by atoms with Crippen LogP contribution in [-0.4, -0.2) is 58.5 Å². The van der Waals surface area contributed by atoms with Crippen LogP contribution >= 0.6 is 0 Å². The van der Waals surface area contributed by atoms with Crippen LogP contribution < -0.4 is 5.32 Å². The number of nitrogens with one attached hydrogen (secondary N) is 1. The summed E-state index contributed by atoms with van der Waals surface area (Å²) < 4.78 is 0. The van der Waals surface area contributed by atoms with Gasteiger partial charge < -0.3 is 10.2 Å². The van der Waals surface area contributed by atoms with Crippen LogP contribution in [-0.2, 0) is 9.59 Å². The molecule has 2 heterocycles. The zero-order valence-corrected chi connectivity index (χ0v) is 16.6. The molecule has 29 heavy (non-hydrogen) atoms. The van der Waals surface area contributed by atoms with Gasteiger partial charge >= 0.3 is 0 Å². The highest BCUT2D eigenvalue weighted by Crippen LogP contribution is 2.24. The van der Waals surface area contributed by atoms with Crippen molar-refractivity contribution in [3.05, 3.63) is 58.8 Å². The molecule has 1 aromatic carbocycles. The van der Waals surface area contributed by atoms with Gasteiger partial charge in [-0.3, -0.25) is 24.1 Å². The molecule has 0 atom stereocenters. The summed E-state index contributed by atoms with van der Waals surface area (Å²) in [4.78, 5) is 55.7. The van der Waals surface area contributed by atoms with Crippen LogP contribution in [0.3, 0.4) is 0 Å². The van der Waals surface area contributed by atoms with Gasteiger partial charge in [-0.2, -0.15) is 0 Å². The van der Waals surface area contributed by atoms with Crippen molar-refractivity contribution in [3.8, 4) is 0 Å². The lowest BCUT2D eigenvalue weighted by Crippen LogP contribution is -2.38. The summed E-state index contributed by atoms with van der Waals surface area (Å²) in [6.45, 7) is 3.54. The van der Waals surface area contributed by atoms with Gasteiger partial charge in [-0.05, 0) is 43.7 Å². The Hall–Kier alpha value is -3.55. The molecule has 4 amide bonds. The first-order valence-corrected chi connectivity index (χ1v) is 9.19. The maximum Gasteiger partial charge on any atom is 0.261 e. The minimum Gasteiger partial charge on any atom is -0.336 e. The van der Waals surface area contributed by atoms with E-state index in [9.17, 15) is 19.2 Å². The van der Waals surface area contributed by atoms with Gasteiger partial charge in [0.2, 0.25) is 11.8 Å². The maximum absolute atomic E-state index is 12.5. The summed E-state index contributed by atoms with van der Waals surface area (Å²) in [5.41, 5.74) is 2.56. The molecule has 0 saturated heterocycles. The van der Waals surface area contributed by atoms with Gasteiger partial charge in [0, 0.05) is 26.2 Å². The number of rotatable bonds is 6. The van der Waals surface area contributed by atoms with Crippen molar-refractivity contribution in [1.82, 2.24) is 14.8 Å². The fraction of sp³-hybridized carbons (Fsp3) is 0.286. The lowest BCUT2D eigenvalue weighted by molar-refractivity contribution is -0.133. The second-order valence-electron chi connectivity index (χ2n) is 7.08. The van der Waals surface area contributed by atoms with E-state index >= 15 is 0 Å². The SMILES string of the molecule is Cc1ccnc(NC(=O)CN(C)C(=O)CCN2C(=O)c3ccc(C)cc3C2=O)c1. The Morgan fingerprint density at radius 3 is 2.45 bits per heavy atom. The highest BCUT2D eigenvalue weighted by atomic mass is 16.2. The van der Waals surface area contributed by atoms with Crippen LogP contribution in [0.2, 0.25) is 0 Å². The Morgan fingerprint density at radius 1 is 1.03 bits per heavy atom. The van der Waals surface area contributed by atoms with E-state index in [1.165, 1.54) is 11.9 Å². The molecular weight excluding hydrogens is 372 g/mol. The van der Waals surface area contributed by atoms with E-state index in [1.807, 2.05) is 19.9 Å². The molecule has 1 N–H and O–H groups in total. The number of nitrogens with zero attached hydrogens (tertiary/aromatic N) is 3. The molecular formula is C21H22N4O4. The molecule has 2 aromatic rings. The van der Waals surface area contributed by atoms with Gasteiger partial charge in [0.25, 0.3) is 11.8 Å². The topological polar surface area (TPSA) is 99.7 Å². The highest BCUT2D eigenvalue weighted by Gasteiger charge is 2.35. The lowest BCUT2D eigenvalue weighted by atomic mass is 10.1. The smallest absolute Gasteiger partial charge is 0.261 e. The van der Waals surface area contributed by atoms with E-state index in [4.69, 9.17) is 0 Å². The number of fused-ring (bicyclic) bond motifs is 1. The third-order valence-electron chi connectivity index (χ3n) is 4.66. The van der Waals surface area contributed by atoms with E-state index in [1.54, 1.807) is 30.5 Å². The van der Waals surface area contributed by atoms with Crippen molar-refractivity contribution in [2.45, 2.75) is 20.3 Å². The first kappa shape index (κ1) is 20.2. The first-order chi connectivity index (χ1) is 13.8. The van der Waals surface area contributed by atoms with Crippen molar-refractivity contribution >= 4 is 29.4 Å². The number of anilines is 1. The lowest BCUT2D eigenvalue weighted by Gasteiger charge is -2.19. The number of carbonyl (C=O) groups is 4. The predicted octanol–water partition coefficient (Wildman–Crippen LogP) is 1.78. The average Bonchev–Trinajstić information content (AvgIpc) is 2.89. The van der Waals surface area contributed by atoms with Gasteiger partial charge in [0.05, 0.1) is 17.7 Å². The number of aromatic nitrogens is 1. The third-order valence-corrected chi connectivity index (χ3v) is 4.66. The number of amides is 4. The largest absolute Gasteiger partial charge is 0.336 e. The van der Waals surface area contributed by atoms with Crippen LogP contribution in [0.15, 0.2) is 36.5 Å². The molecule has 0 radical (unpaired) electrons. The van der Waals surface area contributed by atoms with Crippen LogP contribution in [0.25, 0.3) is 0 Å². The molecule has 3 rings (SSSR count). The van der Waals surface area contributed by atoms with Gasteiger partial charge in [-0.15, -0.1) is 0 Å². The molecule has 1 aliphatic heterocycles. The van der Waals surface area contributed by atoms with E-state index in [0.717, 1.165) is 16.0 Å². The zero-order valence-electron chi connectivity index (χ0n) is 16.6. The Kier molecular flexibility index (Phi) is 5.72. The first-order valence-electron chi connectivity index (χ1n) is 9.19. The zero-order chi connectivity index (χ0) is 21.1. The number of imide groups is 1. The molecule has 150 valence electrons. The predicted molar refractivity (Wildman–Crippen MR) is 106 cm³/mol. The Labute approximate surface area is 168 Å². The molecule has 0 spiro atoms. The minimum atomic E-state index is -0.399. The van der Waals surface area contributed by atoms with E-state index in [-0.39, 0.29) is 31.3 Å². The maximum atomic E-state index is 12.5. The number of likely N-dealkylation sites (N-methyl/N-ethyl adjacent to an activating group) is 1.